The van der Waals surface area contributed by atoms with Crippen molar-refractivity contribution in [1.29, 1.82) is 0 Å². The number of rotatable bonds is 12. The Bertz CT molecular complexity index is 1670. The smallest absolute Gasteiger partial charge is 0.264 e. The number of likely N-dealkylation sites (N-methyl/N-ethyl adjacent to an activating group) is 1. The summed E-state index contributed by atoms with van der Waals surface area (Å²) in [4.78, 5) is 29.3. The molecule has 4 aromatic carbocycles. The zero-order valence-electron chi connectivity index (χ0n) is 23.3. The van der Waals surface area contributed by atoms with Crippen LogP contribution in [0.2, 0.25) is 10.0 Å². The molecule has 7 nitrogen and oxygen atoms in total. The highest BCUT2D eigenvalue weighted by Crippen LogP contribution is 2.31. The lowest BCUT2D eigenvalue weighted by Crippen LogP contribution is -2.53. The quantitative estimate of drug-likeness (QED) is 0.178. The van der Waals surface area contributed by atoms with Crippen molar-refractivity contribution in [3.05, 3.63) is 129 Å². The average Bonchev–Trinajstić information content (AvgIpc) is 3.00. The third-order valence-corrected chi connectivity index (χ3v) is 9.69. The summed E-state index contributed by atoms with van der Waals surface area (Å²) in [5.41, 5.74) is 1.77. The predicted octanol–water partition coefficient (Wildman–Crippen LogP) is 6.73. The van der Waals surface area contributed by atoms with E-state index in [-0.39, 0.29) is 39.5 Å². The number of nitrogens with zero attached hydrogens (tertiary/aromatic N) is 2. The normalized spacial score (nSPS) is 11.9. The number of carbonyl (C=O) groups excluding carboxylic acids is 2. The Morgan fingerprint density at radius 2 is 1.49 bits per heavy atom. The fraction of sp³-hybridized carbons (Fsp3) is 0.188. The highest BCUT2D eigenvalue weighted by molar-refractivity contribution is 9.10. The highest BCUT2D eigenvalue weighted by Gasteiger charge is 2.34. The van der Waals surface area contributed by atoms with Gasteiger partial charge in [0.05, 0.1) is 20.6 Å². The van der Waals surface area contributed by atoms with E-state index in [1.165, 1.54) is 35.2 Å². The maximum absolute atomic E-state index is 14.4. The van der Waals surface area contributed by atoms with Crippen molar-refractivity contribution < 1.29 is 18.0 Å². The molecule has 0 spiro atoms. The summed E-state index contributed by atoms with van der Waals surface area (Å²) in [6.45, 7) is 1.64. The van der Waals surface area contributed by atoms with E-state index in [4.69, 9.17) is 23.2 Å². The molecule has 4 aromatic rings. The molecule has 4 rings (SSSR count). The molecule has 0 aliphatic rings. The standard InChI is InChI=1S/C32H30BrCl2N3O4S/c1-2-36-32(40)30(19-23-10-5-3-6-11-23)37(21-24-12-9-13-25(33)18-24)31(39)22-38(26-16-17-28(34)29(35)20-26)43(41,42)27-14-7-4-8-15-27/h3-18,20,30H,2,19,21-22H2,1H3,(H,36,40). The molecule has 0 aromatic heterocycles. The van der Waals surface area contributed by atoms with Crippen LogP contribution in [0.15, 0.2) is 112 Å². The minimum atomic E-state index is -4.23. The fourth-order valence-corrected chi connectivity index (χ4v) is 6.73. The first-order valence-electron chi connectivity index (χ1n) is 13.5. The summed E-state index contributed by atoms with van der Waals surface area (Å²) in [6.07, 6.45) is 0.227. The van der Waals surface area contributed by atoms with Gasteiger partial charge < -0.3 is 10.2 Å². The molecule has 43 heavy (non-hydrogen) atoms. The Balaban J connectivity index is 1.81. The van der Waals surface area contributed by atoms with Crippen LogP contribution < -0.4 is 9.62 Å². The van der Waals surface area contributed by atoms with Gasteiger partial charge in [0.1, 0.15) is 12.6 Å². The molecule has 1 atom stereocenters. The predicted molar refractivity (Wildman–Crippen MR) is 175 cm³/mol. The molecule has 0 saturated heterocycles. The zero-order chi connectivity index (χ0) is 31.0. The van der Waals surface area contributed by atoms with Gasteiger partial charge >= 0.3 is 0 Å². The molecule has 0 bridgehead atoms. The number of nitrogens with one attached hydrogen (secondary N) is 1. The van der Waals surface area contributed by atoms with Crippen LogP contribution in [-0.2, 0) is 32.6 Å². The number of benzene rings is 4. The lowest BCUT2D eigenvalue weighted by atomic mass is 10.0. The summed E-state index contributed by atoms with van der Waals surface area (Å²) in [6, 6.07) is 28.0. The second kappa shape index (κ2) is 14.9. The van der Waals surface area contributed by atoms with Crippen LogP contribution in [0.4, 0.5) is 5.69 Å². The van der Waals surface area contributed by atoms with Crippen molar-refractivity contribution >= 4 is 66.7 Å². The minimum absolute atomic E-state index is 0.00280. The van der Waals surface area contributed by atoms with Crippen LogP contribution in [0, 0.1) is 0 Å². The molecule has 0 aliphatic carbocycles. The number of halogens is 3. The van der Waals surface area contributed by atoms with Gasteiger partial charge in [-0.3, -0.25) is 13.9 Å². The Labute approximate surface area is 270 Å². The van der Waals surface area contributed by atoms with Crippen molar-refractivity contribution in [3.63, 3.8) is 0 Å². The van der Waals surface area contributed by atoms with E-state index in [1.54, 1.807) is 25.1 Å². The lowest BCUT2D eigenvalue weighted by molar-refractivity contribution is -0.140. The van der Waals surface area contributed by atoms with Gasteiger partial charge in [-0.1, -0.05) is 99.8 Å². The summed E-state index contributed by atoms with van der Waals surface area (Å²) in [7, 11) is -4.23. The molecule has 1 unspecified atom stereocenters. The van der Waals surface area contributed by atoms with Crippen LogP contribution in [0.5, 0.6) is 0 Å². The molecule has 11 heteroatoms. The Kier molecular flexibility index (Phi) is 11.3. The van der Waals surface area contributed by atoms with Gasteiger partial charge in [0.25, 0.3) is 10.0 Å². The number of amides is 2. The third-order valence-electron chi connectivity index (χ3n) is 6.67. The van der Waals surface area contributed by atoms with Crippen molar-refractivity contribution in [1.82, 2.24) is 10.2 Å². The second-order valence-electron chi connectivity index (χ2n) is 9.67. The van der Waals surface area contributed by atoms with Crippen molar-refractivity contribution in [2.24, 2.45) is 0 Å². The molecule has 0 radical (unpaired) electrons. The SMILES string of the molecule is CCNC(=O)C(Cc1ccccc1)N(Cc1cccc(Br)c1)C(=O)CN(c1ccc(Cl)c(Cl)c1)S(=O)(=O)c1ccccc1. The topological polar surface area (TPSA) is 86.8 Å². The average molecular weight is 703 g/mol. The first kappa shape index (κ1) is 32.5. The summed E-state index contributed by atoms with van der Waals surface area (Å²) >= 11 is 15.9. The van der Waals surface area contributed by atoms with E-state index < -0.39 is 28.5 Å². The Morgan fingerprint density at radius 1 is 0.837 bits per heavy atom. The molecular weight excluding hydrogens is 673 g/mol. The van der Waals surface area contributed by atoms with E-state index in [1.807, 2.05) is 54.6 Å². The van der Waals surface area contributed by atoms with Crippen LogP contribution in [0.3, 0.4) is 0 Å². The molecule has 0 heterocycles. The molecule has 0 fully saturated rings. The largest absolute Gasteiger partial charge is 0.355 e. The monoisotopic (exact) mass is 701 g/mol. The van der Waals surface area contributed by atoms with Crippen molar-refractivity contribution in [2.45, 2.75) is 30.8 Å². The third kappa shape index (κ3) is 8.38. The Hall–Kier alpha value is -3.37. The van der Waals surface area contributed by atoms with Gasteiger partial charge in [-0.15, -0.1) is 0 Å². The molecular formula is C32H30BrCl2N3O4S. The fourth-order valence-electron chi connectivity index (χ4n) is 4.57. The van der Waals surface area contributed by atoms with E-state index in [0.29, 0.717) is 6.54 Å². The minimum Gasteiger partial charge on any atom is -0.355 e. The van der Waals surface area contributed by atoms with Gasteiger partial charge in [0.15, 0.2) is 0 Å². The maximum atomic E-state index is 14.4. The first-order valence-corrected chi connectivity index (χ1v) is 16.5. The van der Waals surface area contributed by atoms with Crippen molar-refractivity contribution in [3.8, 4) is 0 Å². The van der Waals surface area contributed by atoms with E-state index in [9.17, 15) is 18.0 Å². The number of hydrogen-bond donors (Lipinski definition) is 1. The van der Waals surface area contributed by atoms with E-state index in [0.717, 1.165) is 19.9 Å². The maximum Gasteiger partial charge on any atom is 0.264 e. The molecule has 0 aliphatic heterocycles. The zero-order valence-corrected chi connectivity index (χ0v) is 27.2. The number of carbonyl (C=O) groups is 2. The number of sulfonamides is 1. The first-order chi connectivity index (χ1) is 20.6. The van der Waals surface area contributed by atoms with Gasteiger partial charge in [0.2, 0.25) is 11.8 Å². The van der Waals surface area contributed by atoms with Crippen LogP contribution in [0.25, 0.3) is 0 Å². The summed E-state index contributed by atoms with van der Waals surface area (Å²) < 4.78 is 29.8. The second-order valence-corrected chi connectivity index (χ2v) is 13.3. The van der Waals surface area contributed by atoms with Crippen LogP contribution in [-0.4, -0.2) is 44.3 Å². The summed E-state index contributed by atoms with van der Waals surface area (Å²) in [5.74, 6) is -0.917. The van der Waals surface area contributed by atoms with Crippen LogP contribution >= 0.6 is 39.1 Å². The number of anilines is 1. The van der Waals surface area contributed by atoms with Gasteiger partial charge in [-0.25, -0.2) is 8.42 Å². The van der Waals surface area contributed by atoms with Crippen LogP contribution in [0.1, 0.15) is 18.1 Å². The molecule has 224 valence electrons. The van der Waals surface area contributed by atoms with Gasteiger partial charge in [-0.2, -0.15) is 0 Å². The Morgan fingerprint density at radius 3 is 2.12 bits per heavy atom. The highest BCUT2D eigenvalue weighted by atomic mass is 79.9. The van der Waals surface area contributed by atoms with E-state index >= 15 is 0 Å². The summed E-state index contributed by atoms with van der Waals surface area (Å²) in [5, 5.41) is 3.22. The lowest BCUT2D eigenvalue weighted by Gasteiger charge is -2.34. The molecule has 2 amide bonds. The van der Waals surface area contributed by atoms with Gasteiger partial charge in [0, 0.05) is 24.0 Å². The molecule has 1 N–H and O–H groups in total. The van der Waals surface area contributed by atoms with Gasteiger partial charge in [-0.05, 0) is 60.5 Å². The number of hydrogen-bond acceptors (Lipinski definition) is 4. The van der Waals surface area contributed by atoms with Crippen molar-refractivity contribution in [2.75, 3.05) is 17.4 Å². The van der Waals surface area contributed by atoms with E-state index in [2.05, 4.69) is 21.2 Å². The molecule has 0 saturated carbocycles.